The number of amides is 3. The predicted octanol–water partition coefficient (Wildman–Crippen LogP) is 3.11. The summed E-state index contributed by atoms with van der Waals surface area (Å²) < 4.78 is 13.2. The van der Waals surface area contributed by atoms with Gasteiger partial charge in [0.1, 0.15) is 5.82 Å². The van der Waals surface area contributed by atoms with Crippen LogP contribution in [0.25, 0.3) is 0 Å². The number of likely N-dealkylation sites (N-methyl/N-ethyl adjacent to an activating group) is 1. The lowest BCUT2D eigenvalue weighted by Gasteiger charge is -2.29. The van der Waals surface area contributed by atoms with Gasteiger partial charge in [0, 0.05) is 18.2 Å². The fraction of sp³-hybridized carbons (Fsp3) is 0.286. The van der Waals surface area contributed by atoms with Gasteiger partial charge in [-0.05, 0) is 44.3 Å². The molecule has 2 N–H and O–H groups in total. The number of nitrogens with zero attached hydrogens (tertiary/aromatic N) is 2. The maximum Gasteiger partial charge on any atom is 0.241 e. The molecule has 1 aliphatic rings. The molecule has 0 spiro atoms. The molecule has 9 heteroatoms. The highest BCUT2D eigenvalue weighted by Crippen LogP contribution is 2.31. The van der Waals surface area contributed by atoms with Crippen molar-refractivity contribution in [3.8, 4) is 0 Å². The molecule has 3 amide bonds. The average molecular weight is 433 g/mol. The van der Waals surface area contributed by atoms with Crippen LogP contribution in [0.3, 0.4) is 0 Å². The highest BCUT2D eigenvalue weighted by Gasteiger charge is 2.30. The van der Waals surface area contributed by atoms with Crippen molar-refractivity contribution in [3.63, 3.8) is 0 Å². The molecule has 2 aromatic carbocycles. The minimum atomic E-state index is -0.572. The summed E-state index contributed by atoms with van der Waals surface area (Å²) in [6.07, 6.45) is 0.177. The van der Waals surface area contributed by atoms with Gasteiger partial charge >= 0.3 is 0 Å². The van der Waals surface area contributed by atoms with Crippen molar-refractivity contribution in [2.45, 2.75) is 19.4 Å². The molecule has 0 bridgehead atoms. The van der Waals surface area contributed by atoms with Gasteiger partial charge in [-0.2, -0.15) is 0 Å². The van der Waals surface area contributed by atoms with E-state index < -0.39 is 5.82 Å². The lowest BCUT2D eigenvalue weighted by atomic mass is 10.1. The first-order valence-electron chi connectivity index (χ1n) is 9.39. The van der Waals surface area contributed by atoms with Crippen LogP contribution in [-0.2, 0) is 14.4 Å². The average Bonchev–Trinajstić information content (AvgIpc) is 2.78. The molecule has 0 radical (unpaired) electrons. The van der Waals surface area contributed by atoms with E-state index in [0.717, 1.165) is 0 Å². The summed E-state index contributed by atoms with van der Waals surface area (Å²) in [5.41, 5.74) is 1.57. The Kier molecular flexibility index (Phi) is 6.69. The van der Waals surface area contributed by atoms with Crippen LogP contribution in [0.2, 0.25) is 5.02 Å². The Morgan fingerprint density at radius 2 is 2.00 bits per heavy atom. The molecular weight excluding hydrogens is 411 g/mol. The number of para-hydroxylation sites is 2. The molecule has 1 heterocycles. The molecule has 0 saturated heterocycles. The van der Waals surface area contributed by atoms with Crippen LogP contribution < -0.4 is 15.5 Å². The van der Waals surface area contributed by atoms with Gasteiger partial charge in [0.05, 0.1) is 29.5 Å². The van der Waals surface area contributed by atoms with Crippen LogP contribution >= 0.6 is 11.6 Å². The van der Waals surface area contributed by atoms with E-state index in [1.165, 1.54) is 18.2 Å². The maximum atomic E-state index is 13.2. The molecule has 2 aromatic rings. The third-order valence-electron chi connectivity index (χ3n) is 4.65. The Hall–Kier alpha value is -2.97. The minimum Gasteiger partial charge on any atom is -0.325 e. The third-order valence-corrected chi connectivity index (χ3v) is 4.94. The zero-order chi connectivity index (χ0) is 21.8. The first kappa shape index (κ1) is 21.7. The SMILES string of the molecule is C[C@@H]1CC(=O)Nc2ccccc2N1C(=O)CN(C)CC(=O)Nc1ccc(F)c(Cl)c1. The summed E-state index contributed by atoms with van der Waals surface area (Å²) in [6.45, 7) is 1.73. The highest BCUT2D eigenvalue weighted by molar-refractivity contribution is 6.31. The molecular formula is C21H22ClFN4O3. The van der Waals surface area contributed by atoms with E-state index in [1.807, 2.05) is 6.92 Å². The van der Waals surface area contributed by atoms with Gasteiger partial charge in [0.2, 0.25) is 17.7 Å². The quantitative estimate of drug-likeness (QED) is 0.760. The van der Waals surface area contributed by atoms with Crippen LogP contribution in [0.5, 0.6) is 0 Å². The van der Waals surface area contributed by atoms with E-state index in [2.05, 4.69) is 10.6 Å². The van der Waals surface area contributed by atoms with Gasteiger partial charge < -0.3 is 15.5 Å². The van der Waals surface area contributed by atoms with E-state index in [9.17, 15) is 18.8 Å². The van der Waals surface area contributed by atoms with Gasteiger partial charge in [-0.15, -0.1) is 0 Å². The largest absolute Gasteiger partial charge is 0.325 e. The molecule has 7 nitrogen and oxygen atoms in total. The Labute approximate surface area is 178 Å². The number of anilines is 3. The van der Waals surface area contributed by atoms with Gasteiger partial charge in [-0.3, -0.25) is 19.3 Å². The van der Waals surface area contributed by atoms with Crippen LogP contribution in [-0.4, -0.2) is 48.8 Å². The molecule has 1 aliphatic heterocycles. The van der Waals surface area contributed by atoms with E-state index in [0.29, 0.717) is 17.1 Å². The topological polar surface area (TPSA) is 81.8 Å². The maximum absolute atomic E-state index is 13.2. The van der Waals surface area contributed by atoms with Crippen molar-refractivity contribution in [3.05, 3.63) is 53.3 Å². The monoisotopic (exact) mass is 432 g/mol. The molecule has 0 aliphatic carbocycles. The number of rotatable bonds is 5. The predicted molar refractivity (Wildman–Crippen MR) is 114 cm³/mol. The first-order valence-corrected chi connectivity index (χ1v) is 9.77. The number of carbonyl (C=O) groups excluding carboxylic acids is 3. The van der Waals surface area contributed by atoms with E-state index in [4.69, 9.17) is 11.6 Å². The molecule has 158 valence electrons. The summed E-state index contributed by atoms with van der Waals surface area (Å²) in [5, 5.41) is 5.34. The fourth-order valence-electron chi connectivity index (χ4n) is 3.35. The lowest BCUT2D eigenvalue weighted by molar-refractivity contribution is -0.121. The van der Waals surface area contributed by atoms with Gasteiger partial charge in [-0.25, -0.2) is 4.39 Å². The van der Waals surface area contributed by atoms with Crippen molar-refractivity contribution < 1.29 is 18.8 Å². The number of nitrogens with one attached hydrogen (secondary N) is 2. The van der Waals surface area contributed by atoms with Crippen molar-refractivity contribution in [1.29, 1.82) is 0 Å². The number of hydrogen-bond donors (Lipinski definition) is 2. The molecule has 0 fully saturated rings. The second-order valence-corrected chi connectivity index (χ2v) is 7.64. The molecule has 0 saturated carbocycles. The Morgan fingerprint density at radius 1 is 1.27 bits per heavy atom. The molecule has 0 unspecified atom stereocenters. The van der Waals surface area contributed by atoms with E-state index >= 15 is 0 Å². The molecule has 1 atom stereocenters. The summed E-state index contributed by atoms with van der Waals surface area (Å²) in [5.74, 6) is -1.33. The number of benzene rings is 2. The number of carbonyl (C=O) groups is 3. The number of halogens is 2. The summed E-state index contributed by atoms with van der Waals surface area (Å²) in [6, 6.07) is 10.7. The fourth-order valence-corrected chi connectivity index (χ4v) is 3.53. The number of hydrogen-bond acceptors (Lipinski definition) is 4. The van der Waals surface area contributed by atoms with Gasteiger partial charge in [0.25, 0.3) is 0 Å². The lowest BCUT2D eigenvalue weighted by Crippen LogP contribution is -2.45. The van der Waals surface area contributed by atoms with E-state index in [-0.39, 0.29) is 48.3 Å². The summed E-state index contributed by atoms with van der Waals surface area (Å²) in [7, 11) is 1.65. The smallest absolute Gasteiger partial charge is 0.241 e. The van der Waals surface area contributed by atoms with Crippen LogP contribution in [0.4, 0.5) is 21.5 Å². The second-order valence-electron chi connectivity index (χ2n) is 7.23. The van der Waals surface area contributed by atoms with Gasteiger partial charge in [0.15, 0.2) is 0 Å². The Balaban J connectivity index is 1.65. The standard InChI is InChI=1S/C21H22ClFN4O3/c1-13-9-19(28)25-17-5-3-4-6-18(17)27(13)21(30)12-26(2)11-20(29)24-14-7-8-16(23)15(22)10-14/h3-8,10,13H,9,11-12H2,1-2H3,(H,24,29)(H,25,28)/t13-/m1/s1. The Morgan fingerprint density at radius 3 is 2.73 bits per heavy atom. The highest BCUT2D eigenvalue weighted by atomic mass is 35.5. The van der Waals surface area contributed by atoms with Crippen molar-refractivity contribution in [1.82, 2.24) is 4.90 Å². The molecule has 3 rings (SSSR count). The second kappa shape index (κ2) is 9.23. The van der Waals surface area contributed by atoms with Crippen LogP contribution in [0, 0.1) is 5.82 Å². The van der Waals surface area contributed by atoms with E-state index in [1.54, 1.807) is 41.1 Å². The number of fused-ring (bicyclic) bond motifs is 1. The minimum absolute atomic E-state index is 0.0234. The van der Waals surface area contributed by atoms with Crippen molar-refractivity contribution in [2.24, 2.45) is 0 Å². The third kappa shape index (κ3) is 5.14. The van der Waals surface area contributed by atoms with Gasteiger partial charge in [-0.1, -0.05) is 23.7 Å². The first-order chi connectivity index (χ1) is 14.2. The Bertz CT molecular complexity index is 984. The zero-order valence-electron chi connectivity index (χ0n) is 16.6. The normalized spacial score (nSPS) is 16.0. The van der Waals surface area contributed by atoms with Crippen LogP contribution in [0.15, 0.2) is 42.5 Å². The molecule has 0 aromatic heterocycles. The molecule has 30 heavy (non-hydrogen) atoms. The van der Waals surface area contributed by atoms with Crippen LogP contribution in [0.1, 0.15) is 13.3 Å². The van der Waals surface area contributed by atoms with Crippen molar-refractivity contribution in [2.75, 3.05) is 35.7 Å². The van der Waals surface area contributed by atoms with Crippen molar-refractivity contribution >= 4 is 46.4 Å². The zero-order valence-corrected chi connectivity index (χ0v) is 17.4. The summed E-state index contributed by atoms with van der Waals surface area (Å²) >= 11 is 5.72. The summed E-state index contributed by atoms with van der Waals surface area (Å²) in [4.78, 5) is 40.5.